The molecular weight excluding hydrogens is 336 g/mol. The van der Waals surface area contributed by atoms with E-state index in [4.69, 9.17) is 9.47 Å². The number of esters is 2. The Balaban J connectivity index is 3.24. The van der Waals surface area contributed by atoms with E-state index < -0.39 is 35.9 Å². The molecule has 2 N–H and O–H groups in total. The van der Waals surface area contributed by atoms with Crippen molar-refractivity contribution in [3.63, 3.8) is 0 Å². The summed E-state index contributed by atoms with van der Waals surface area (Å²) >= 11 is 0. The van der Waals surface area contributed by atoms with Crippen LogP contribution in [0.5, 0.6) is 0 Å². The smallest absolute Gasteiger partial charge is 0.309 e. The van der Waals surface area contributed by atoms with Gasteiger partial charge in [-0.3, -0.25) is 9.59 Å². The second-order valence-electron chi connectivity index (χ2n) is 7.08. The minimum absolute atomic E-state index is 0.164. The first-order chi connectivity index (χ1) is 12.1. The van der Waals surface area contributed by atoms with Crippen molar-refractivity contribution in [1.29, 1.82) is 0 Å². The first-order valence-corrected chi connectivity index (χ1v) is 8.81. The third-order valence-electron chi connectivity index (χ3n) is 4.45. The number of carbonyl (C=O) groups is 2. The average Bonchev–Trinajstić information content (AvgIpc) is 2.53. The highest BCUT2D eigenvalue weighted by atomic mass is 16.6. The zero-order chi connectivity index (χ0) is 19.9. The zero-order valence-electron chi connectivity index (χ0n) is 16.0. The van der Waals surface area contributed by atoms with E-state index in [1.54, 1.807) is 31.2 Å². The molecule has 6 nitrogen and oxygen atoms in total. The first-order valence-electron chi connectivity index (χ1n) is 8.81. The van der Waals surface area contributed by atoms with Crippen LogP contribution in [0.1, 0.15) is 47.0 Å². The molecule has 26 heavy (non-hydrogen) atoms. The van der Waals surface area contributed by atoms with Gasteiger partial charge in [-0.25, -0.2) is 0 Å². The van der Waals surface area contributed by atoms with Crippen LogP contribution in [0.15, 0.2) is 36.5 Å². The number of hydrogen-bond acceptors (Lipinski definition) is 6. The van der Waals surface area contributed by atoms with E-state index in [0.29, 0.717) is 0 Å². The van der Waals surface area contributed by atoms with Crippen LogP contribution in [-0.2, 0) is 19.1 Å². The molecule has 0 aromatic rings. The van der Waals surface area contributed by atoms with Crippen LogP contribution in [0.2, 0.25) is 0 Å². The van der Waals surface area contributed by atoms with E-state index in [-0.39, 0.29) is 25.2 Å². The maximum Gasteiger partial charge on any atom is 0.309 e. The van der Waals surface area contributed by atoms with Crippen molar-refractivity contribution in [3.05, 3.63) is 36.5 Å². The Morgan fingerprint density at radius 1 is 1.42 bits per heavy atom. The van der Waals surface area contributed by atoms with E-state index in [1.165, 1.54) is 6.92 Å². The summed E-state index contributed by atoms with van der Waals surface area (Å²) in [5.41, 5.74) is -0.569. The normalized spacial score (nSPS) is 34.2. The minimum Gasteiger partial charge on any atom is -0.457 e. The molecule has 0 saturated carbocycles. The van der Waals surface area contributed by atoms with Gasteiger partial charge in [0, 0.05) is 12.8 Å². The SMILES string of the molecule is C=CC=C(C)[C@H]1OC(=O)C[C@H](O)CC[C@@](C)(O)[C@@H](OC(C)=O)C=C[C@@H]1C. The van der Waals surface area contributed by atoms with Crippen molar-refractivity contribution in [1.82, 2.24) is 0 Å². The summed E-state index contributed by atoms with van der Waals surface area (Å²) in [7, 11) is 0. The summed E-state index contributed by atoms with van der Waals surface area (Å²) in [6.07, 6.45) is 4.55. The van der Waals surface area contributed by atoms with Crippen molar-refractivity contribution in [2.75, 3.05) is 0 Å². The Morgan fingerprint density at radius 3 is 2.65 bits per heavy atom. The Hall–Kier alpha value is -1.92. The molecule has 5 atom stereocenters. The van der Waals surface area contributed by atoms with Gasteiger partial charge in [0.05, 0.1) is 12.5 Å². The van der Waals surface area contributed by atoms with Crippen LogP contribution in [0, 0.1) is 5.92 Å². The first kappa shape index (κ1) is 22.1. The standard InChI is InChI=1S/C20H30O6/c1-6-7-13(2)19-14(3)8-9-17(25-15(4)21)20(5,24)11-10-16(22)12-18(23)26-19/h6-9,14,16-17,19,22,24H,1,10-12H2,2-5H3/t14-,16+,17-,19+,20+/m0/s1. The molecule has 146 valence electrons. The summed E-state index contributed by atoms with van der Waals surface area (Å²) in [6.45, 7) is 10.2. The Bertz CT molecular complexity index is 575. The molecule has 6 heteroatoms. The molecule has 0 aliphatic carbocycles. The largest absolute Gasteiger partial charge is 0.457 e. The molecule has 1 heterocycles. The van der Waals surface area contributed by atoms with E-state index in [2.05, 4.69) is 6.58 Å². The van der Waals surface area contributed by atoms with Gasteiger partial charge in [-0.2, -0.15) is 0 Å². The van der Waals surface area contributed by atoms with Crippen LogP contribution in [0.3, 0.4) is 0 Å². The van der Waals surface area contributed by atoms with Crippen molar-refractivity contribution >= 4 is 11.9 Å². The number of cyclic esters (lactones) is 1. The highest BCUT2D eigenvalue weighted by Gasteiger charge is 2.34. The summed E-state index contributed by atoms with van der Waals surface area (Å²) in [6, 6.07) is 0. The molecule has 1 aliphatic heterocycles. The number of allylic oxidation sites excluding steroid dienone is 2. The number of rotatable bonds is 3. The lowest BCUT2D eigenvalue weighted by molar-refractivity contribution is -0.157. The maximum atomic E-state index is 12.2. The van der Waals surface area contributed by atoms with Gasteiger partial charge >= 0.3 is 11.9 Å². The Kier molecular flexibility index (Phi) is 8.24. The van der Waals surface area contributed by atoms with Crippen molar-refractivity contribution in [2.45, 2.75) is 70.9 Å². The molecule has 0 fully saturated rings. The monoisotopic (exact) mass is 366 g/mol. The van der Waals surface area contributed by atoms with Gasteiger partial charge in [-0.1, -0.05) is 31.7 Å². The van der Waals surface area contributed by atoms with E-state index in [1.807, 2.05) is 13.8 Å². The Morgan fingerprint density at radius 2 is 2.08 bits per heavy atom. The van der Waals surface area contributed by atoms with Crippen molar-refractivity contribution < 1.29 is 29.3 Å². The van der Waals surface area contributed by atoms with Gasteiger partial charge < -0.3 is 19.7 Å². The Labute approximate surface area is 155 Å². The molecule has 0 spiro atoms. The molecule has 0 aromatic carbocycles. The number of ether oxygens (including phenoxy) is 2. The molecule has 0 aromatic heterocycles. The van der Waals surface area contributed by atoms with E-state index in [9.17, 15) is 19.8 Å². The van der Waals surface area contributed by atoms with Crippen LogP contribution in [0.4, 0.5) is 0 Å². The summed E-state index contributed by atoms with van der Waals surface area (Å²) < 4.78 is 10.8. The van der Waals surface area contributed by atoms with Crippen molar-refractivity contribution in [3.8, 4) is 0 Å². The summed E-state index contributed by atoms with van der Waals surface area (Å²) in [4.78, 5) is 23.6. The zero-order valence-corrected chi connectivity index (χ0v) is 16.0. The molecule has 0 saturated heterocycles. The number of carbonyl (C=O) groups excluding carboxylic acids is 2. The lowest BCUT2D eigenvalue weighted by atomic mass is 9.89. The van der Waals surface area contributed by atoms with Crippen LogP contribution in [-0.4, -0.2) is 46.1 Å². The van der Waals surface area contributed by atoms with E-state index in [0.717, 1.165) is 5.57 Å². The minimum atomic E-state index is -1.37. The third kappa shape index (κ3) is 6.77. The van der Waals surface area contributed by atoms with Gasteiger partial charge in [-0.05, 0) is 38.3 Å². The van der Waals surface area contributed by atoms with E-state index >= 15 is 0 Å². The second-order valence-corrected chi connectivity index (χ2v) is 7.08. The molecule has 1 rings (SSSR count). The fraction of sp³-hybridized carbons (Fsp3) is 0.600. The van der Waals surface area contributed by atoms with Crippen LogP contribution >= 0.6 is 0 Å². The van der Waals surface area contributed by atoms with Crippen molar-refractivity contribution in [2.24, 2.45) is 5.92 Å². The van der Waals surface area contributed by atoms with Gasteiger partial charge in [0.1, 0.15) is 17.8 Å². The number of aliphatic hydroxyl groups is 2. The highest BCUT2D eigenvalue weighted by Crippen LogP contribution is 2.26. The predicted molar refractivity (Wildman–Crippen MR) is 98.2 cm³/mol. The van der Waals surface area contributed by atoms with Gasteiger partial charge in [0.2, 0.25) is 0 Å². The van der Waals surface area contributed by atoms with Gasteiger partial charge in [0.25, 0.3) is 0 Å². The summed E-state index contributed by atoms with van der Waals surface area (Å²) in [5.74, 6) is -1.25. The lowest BCUT2D eigenvalue weighted by Gasteiger charge is -2.32. The quantitative estimate of drug-likeness (QED) is 0.453. The summed E-state index contributed by atoms with van der Waals surface area (Å²) in [5, 5.41) is 20.8. The lowest BCUT2D eigenvalue weighted by Crippen LogP contribution is -2.42. The van der Waals surface area contributed by atoms with Gasteiger partial charge in [0.15, 0.2) is 0 Å². The maximum absolute atomic E-state index is 12.2. The molecule has 0 amide bonds. The topological polar surface area (TPSA) is 93.1 Å². The van der Waals surface area contributed by atoms with Crippen LogP contribution < -0.4 is 0 Å². The van der Waals surface area contributed by atoms with Crippen LogP contribution in [0.25, 0.3) is 0 Å². The number of hydrogen-bond donors (Lipinski definition) is 2. The average molecular weight is 366 g/mol. The highest BCUT2D eigenvalue weighted by molar-refractivity contribution is 5.70. The fourth-order valence-corrected chi connectivity index (χ4v) is 2.91. The third-order valence-corrected chi connectivity index (χ3v) is 4.45. The molecule has 0 bridgehead atoms. The fourth-order valence-electron chi connectivity index (χ4n) is 2.91. The second kappa shape index (κ2) is 9.69. The predicted octanol–water partition coefficient (Wildman–Crippen LogP) is 2.45. The molecular formula is C20H30O6. The van der Waals surface area contributed by atoms with Gasteiger partial charge in [-0.15, -0.1) is 0 Å². The molecule has 1 aliphatic rings. The molecule has 0 unspecified atom stereocenters. The molecule has 0 radical (unpaired) electrons. The number of aliphatic hydroxyl groups excluding tert-OH is 1.